The van der Waals surface area contributed by atoms with Crippen LogP contribution < -0.4 is 0 Å². The Morgan fingerprint density at radius 1 is 1.17 bits per heavy atom. The molecule has 118 valence electrons. The van der Waals surface area contributed by atoms with Gasteiger partial charge in [0.25, 0.3) is 5.22 Å². The highest BCUT2D eigenvalue weighted by molar-refractivity contribution is 7.99. The van der Waals surface area contributed by atoms with E-state index in [2.05, 4.69) is 4.98 Å². The average molecular weight is 326 g/mol. The lowest BCUT2D eigenvalue weighted by Gasteiger charge is -2.25. The molecule has 0 fully saturated rings. The van der Waals surface area contributed by atoms with Gasteiger partial charge in [-0.15, -0.1) is 0 Å². The van der Waals surface area contributed by atoms with Crippen molar-refractivity contribution in [2.45, 2.75) is 18.2 Å². The summed E-state index contributed by atoms with van der Waals surface area (Å²) in [5.41, 5.74) is 2.68. The van der Waals surface area contributed by atoms with Crippen molar-refractivity contribution >= 4 is 28.8 Å². The molecular weight excluding hydrogens is 308 g/mol. The molecule has 4 nitrogen and oxygen atoms in total. The third-order valence-electron chi connectivity index (χ3n) is 3.85. The number of fused-ring (bicyclic) bond motifs is 1. The molecule has 0 saturated heterocycles. The maximum absolute atomic E-state index is 12.4. The van der Waals surface area contributed by atoms with Crippen LogP contribution in [-0.4, -0.2) is 28.6 Å². The zero-order chi connectivity index (χ0) is 16.2. The van der Waals surface area contributed by atoms with Gasteiger partial charge in [0, 0.05) is 7.05 Å². The van der Waals surface area contributed by atoms with E-state index in [1.807, 2.05) is 68.6 Å². The molecule has 0 radical (unpaired) electrons. The minimum Gasteiger partial charge on any atom is -0.431 e. The van der Waals surface area contributed by atoms with Gasteiger partial charge in [-0.25, -0.2) is 4.98 Å². The number of carbonyl (C=O) groups excluding carboxylic acids is 1. The molecule has 0 aliphatic heterocycles. The third-order valence-corrected chi connectivity index (χ3v) is 4.66. The summed E-state index contributed by atoms with van der Waals surface area (Å²) in [6, 6.07) is 17.6. The van der Waals surface area contributed by atoms with Gasteiger partial charge in [0.1, 0.15) is 5.52 Å². The third kappa shape index (κ3) is 3.56. The van der Waals surface area contributed by atoms with Gasteiger partial charge in [0.05, 0.1) is 11.8 Å². The van der Waals surface area contributed by atoms with Crippen molar-refractivity contribution in [3.63, 3.8) is 0 Å². The van der Waals surface area contributed by atoms with Gasteiger partial charge in [0.15, 0.2) is 5.58 Å². The second-order valence-corrected chi connectivity index (χ2v) is 6.25. The van der Waals surface area contributed by atoms with Crippen molar-refractivity contribution in [2.24, 2.45) is 0 Å². The number of amides is 1. The Bertz CT molecular complexity index is 768. The molecule has 3 rings (SSSR count). The van der Waals surface area contributed by atoms with Gasteiger partial charge in [-0.3, -0.25) is 4.79 Å². The van der Waals surface area contributed by atoms with Crippen molar-refractivity contribution < 1.29 is 9.21 Å². The molecule has 0 aliphatic rings. The first kappa shape index (κ1) is 15.6. The van der Waals surface area contributed by atoms with E-state index in [1.165, 1.54) is 11.8 Å². The van der Waals surface area contributed by atoms with E-state index in [0.717, 1.165) is 16.7 Å². The fraction of sp³-hybridized carbons (Fsp3) is 0.222. The summed E-state index contributed by atoms with van der Waals surface area (Å²) in [5, 5.41) is 0.528. The molecule has 2 aromatic carbocycles. The molecule has 0 spiro atoms. The minimum absolute atomic E-state index is 0.0351. The van der Waals surface area contributed by atoms with Gasteiger partial charge in [-0.05, 0) is 24.6 Å². The predicted molar refractivity (Wildman–Crippen MR) is 92.4 cm³/mol. The van der Waals surface area contributed by atoms with Crippen LogP contribution in [0.2, 0.25) is 0 Å². The smallest absolute Gasteiger partial charge is 0.257 e. The van der Waals surface area contributed by atoms with Crippen LogP contribution in [0.25, 0.3) is 11.1 Å². The standard InChI is InChI=1S/C18H18N2O2S/c1-13(14-8-4-3-5-9-14)20(2)17(21)12-23-18-19-15-10-6-7-11-16(15)22-18/h3-11,13H,12H2,1-2H3/t13-/m1/s1. The van der Waals surface area contributed by atoms with Crippen molar-refractivity contribution in [3.8, 4) is 0 Å². The second-order valence-electron chi connectivity index (χ2n) is 5.33. The highest BCUT2D eigenvalue weighted by Gasteiger charge is 2.18. The number of hydrogen-bond donors (Lipinski definition) is 0. The van der Waals surface area contributed by atoms with Gasteiger partial charge in [-0.1, -0.05) is 54.2 Å². The molecule has 1 heterocycles. The van der Waals surface area contributed by atoms with Gasteiger partial charge in [-0.2, -0.15) is 0 Å². The lowest BCUT2D eigenvalue weighted by molar-refractivity contribution is -0.128. The quantitative estimate of drug-likeness (QED) is 0.661. The highest BCUT2D eigenvalue weighted by atomic mass is 32.2. The van der Waals surface area contributed by atoms with Crippen LogP contribution in [0, 0.1) is 0 Å². The maximum atomic E-state index is 12.4. The zero-order valence-electron chi connectivity index (χ0n) is 13.1. The number of carbonyl (C=O) groups is 1. The van der Waals surface area contributed by atoms with Crippen LogP contribution in [0.4, 0.5) is 0 Å². The van der Waals surface area contributed by atoms with Crippen LogP contribution >= 0.6 is 11.8 Å². The fourth-order valence-electron chi connectivity index (χ4n) is 2.31. The summed E-state index contributed by atoms with van der Waals surface area (Å²) in [4.78, 5) is 18.5. The molecule has 1 aromatic heterocycles. The van der Waals surface area contributed by atoms with Crippen LogP contribution in [-0.2, 0) is 4.79 Å². The second kappa shape index (κ2) is 6.87. The molecule has 5 heteroatoms. The topological polar surface area (TPSA) is 46.3 Å². The van der Waals surface area contributed by atoms with Crippen molar-refractivity contribution in [1.29, 1.82) is 0 Å². The summed E-state index contributed by atoms with van der Waals surface area (Å²) < 4.78 is 5.62. The summed E-state index contributed by atoms with van der Waals surface area (Å²) in [5.74, 6) is 0.356. The van der Waals surface area contributed by atoms with Gasteiger partial charge < -0.3 is 9.32 Å². The van der Waals surface area contributed by atoms with Crippen molar-refractivity contribution in [3.05, 3.63) is 60.2 Å². The van der Waals surface area contributed by atoms with Crippen molar-refractivity contribution in [2.75, 3.05) is 12.8 Å². The first-order chi connectivity index (χ1) is 11.1. The largest absolute Gasteiger partial charge is 0.431 e. The Morgan fingerprint density at radius 3 is 2.61 bits per heavy atom. The normalized spacial score (nSPS) is 12.3. The van der Waals surface area contributed by atoms with E-state index >= 15 is 0 Å². The Balaban J connectivity index is 1.62. The first-order valence-corrected chi connectivity index (χ1v) is 8.42. The van der Waals surface area contributed by atoms with E-state index in [-0.39, 0.29) is 11.9 Å². The Hall–Kier alpha value is -2.27. The van der Waals surface area contributed by atoms with Crippen LogP contribution in [0.5, 0.6) is 0 Å². The first-order valence-electron chi connectivity index (χ1n) is 7.44. The number of aromatic nitrogens is 1. The summed E-state index contributed by atoms with van der Waals surface area (Å²) in [7, 11) is 1.83. The van der Waals surface area contributed by atoms with Crippen LogP contribution in [0.1, 0.15) is 18.5 Å². The lowest BCUT2D eigenvalue weighted by atomic mass is 10.1. The van der Waals surface area contributed by atoms with E-state index in [9.17, 15) is 4.79 Å². The van der Waals surface area contributed by atoms with Gasteiger partial charge in [0.2, 0.25) is 5.91 Å². The van der Waals surface area contributed by atoms with Crippen LogP contribution in [0.3, 0.4) is 0 Å². The number of oxazole rings is 1. The summed E-state index contributed by atoms with van der Waals surface area (Å²) in [6.45, 7) is 2.03. The number of thioether (sulfide) groups is 1. The average Bonchev–Trinajstić information content (AvgIpc) is 3.02. The molecular formula is C18H18N2O2S. The summed E-state index contributed by atoms with van der Waals surface area (Å²) >= 11 is 1.33. The van der Waals surface area contributed by atoms with Crippen LogP contribution in [0.15, 0.2) is 64.2 Å². The molecule has 0 saturated carbocycles. The Labute approximate surface area is 139 Å². The highest BCUT2D eigenvalue weighted by Crippen LogP contribution is 2.25. The molecule has 0 bridgehead atoms. The minimum atomic E-state index is 0.0351. The summed E-state index contributed by atoms with van der Waals surface area (Å²) in [6.07, 6.45) is 0. The molecule has 1 amide bonds. The molecule has 0 N–H and O–H groups in total. The number of rotatable bonds is 5. The zero-order valence-corrected chi connectivity index (χ0v) is 13.9. The fourth-order valence-corrected chi connectivity index (χ4v) is 3.07. The SMILES string of the molecule is C[C@H](c1ccccc1)N(C)C(=O)CSc1nc2ccccc2o1. The molecule has 0 unspecified atom stereocenters. The van der Waals surface area contributed by atoms with E-state index in [0.29, 0.717) is 11.0 Å². The molecule has 0 aliphatic carbocycles. The van der Waals surface area contributed by atoms with E-state index in [1.54, 1.807) is 4.90 Å². The monoisotopic (exact) mass is 326 g/mol. The number of benzene rings is 2. The maximum Gasteiger partial charge on any atom is 0.257 e. The van der Waals surface area contributed by atoms with E-state index < -0.39 is 0 Å². The van der Waals surface area contributed by atoms with Gasteiger partial charge >= 0.3 is 0 Å². The molecule has 23 heavy (non-hydrogen) atoms. The Kier molecular flexibility index (Phi) is 4.67. The number of hydrogen-bond acceptors (Lipinski definition) is 4. The molecule has 3 aromatic rings. The predicted octanol–water partition coefficient (Wildman–Crippen LogP) is 4.14. The number of nitrogens with zero attached hydrogens (tertiary/aromatic N) is 2. The van der Waals surface area contributed by atoms with E-state index in [4.69, 9.17) is 4.42 Å². The molecule has 1 atom stereocenters. The van der Waals surface area contributed by atoms with Crippen molar-refractivity contribution in [1.82, 2.24) is 9.88 Å². The Morgan fingerprint density at radius 2 is 1.87 bits per heavy atom. The lowest BCUT2D eigenvalue weighted by Crippen LogP contribution is -2.31. The number of para-hydroxylation sites is 2.